The molecule has 2 aromatic carbocycles. The van der Waals surface area contributed by atoms with Crippen LogP contribution in [-0.4, -0.2) is 48.8 Å². The molecule has 0 bridgehead atoms. The predicted octanol–water partition coefficient (Wildman–Crippen LogP) is 3.52. The number of fused-ring (bicyclic) bond motifs is 5. The molecule has 8 nitrogen and oxygen atoms in total. The molecular weight excluding hydrogens is 434 g/mol. The van der Waals surface area contributed by atoms with Crippen LogP contribution in [0.1, 0.15) is 23.3 Å². The molecule has 1 fully saturated rings. The summed E-state index contributed by atoms with van der Waals surface area (Å²) in [5.41, 5.74) is 2.06. The van der Waals surface area contributed by atoms with Crippen molar-refractivity contribution in [3.63, 3.8) is 0 Å². The zero-order chi connectivity index (χ0) is 23.4. The second-order valence-electron chi connectivity index (χ2n) is 8.48. The maximum Gasteiger partial charge on any atom is 0.270 e. The van der Waals surface area contributed by atoms with E-state index in [1.807, 2.05) is 24.3 Å². The maximum absolute atomic E-state index is 13.8. The van der Waals surface area contributed by atoms with Gasteiger partial charge in [0.2, 0.25) is 0 Å². The fourth-order valence-corrected chi connectivity index (χ4v) is 5.05. The van der Waals surface area contributed by atoms with E-state index in [1.54, 1.807) is 22.6 Å². The van der Waals surface area contributed by atoms with E-state index in [1.165, 1.54) is 14.2 Å². The van der Waals surface area contributed by atoms with Gasteiger partial charge in [-0.15, -0.1) is 0 Å². The van der Waals surface area contributed by atoms with Gasteiger partial charge in [0.1, 0.15) is 5.69 Å². The normalized spacial score (nSPS) is 16.1. The van der Waals surface area contributed by atoms with Gasteiger partial charge in [-0.25, -0.2) is 4.98 Å². The van der Waals surface area contributed by atoms with Crippen molar-refractivity contribution in [2.45, 2.75) is 18.9 Å². The van der Waals surface area contributed by atoms with E-state index in [2.05, 4.69) is 5.32 Å². The number of aromatic nitrogens is 2. The first-order chi connectivity index (χ1) is 16.6. The minimum Gasteiger partial charge on any atom is -0.493 e. The third-order valence-corrected chi connectivity index (χ3v) is 6.62. The molecule has 1 saturated heterocycles. The molecule has 34 heavy (non-hydrogen) atoms. The number of ether oxygens (including phenoxy) is 3. The van der Waals surface area contributed by atoms with Crippen molar-refractivity contribution in [2.24, 2.45) is 0 Å². The number of rotatable bonds is 5. The lowest BCUT2D eigenvalue weighted by molar-refractivity contribution is 0.0854. The van der Waals surface area contributed by atoms with Crippen molar-refractivity contribution in [2.75, 3.05) is 27.4 Å². The number of nitrogens with zero attached hydrogens (tertiary/aromatic N) is 2. The molecule has 1 aliphatic heterocycles. The number of methoxy groups -OCH3 is 2. The number of pyridine rings is 2. The van der Waals surface area contributed by atoms with Crippen LogP contribution in [0.2, 0.25) is 0 Å². The molecule has 4 heterocycles. The van der Waals surface area contributed by atoms with E-state index in [4.69, 9.17) is 19.2 Å². The highest BCUT2D eigenvalue weighted by Crippen LogP contribution is 2.39. The molecule has 0 saturated carbocycles. The van der Waals surface area contributed by atoms with E-state index in [0.717, 1.165) is 35.7 Å². The molecule has 1 aliphatic rings. The Balaban J connectivity index is 1.67. The summed E-state index contributed by atoms with van der Waals surface area (Å²) >= 11 is 0. The van der Waals surface area contributed by atoms with Crippen LogP contribution < -0.4 is 20.3 Å². The summed E-state index contributed by atoms with van der Waals surface area (Å²) in [6, 6.07) is 13.0. The van der Waals surface area contributed by atoms with Crippen molar-refractivity contribution in [1.29, 1.82) is 0 Å². The van der Waals surface area contributed by atoms with Gasteiger partial charge in [-0.1, -0.05) is 18.2 Å². The SMILES string of the molecule is COc1ccc2c(c1OC)c(=O)n1c3ccccc3c3cc(C(=O)NC[C@@H]4CCCO4)nc2c31. The molecular formula is C26H23N3O5. The van der Waals surface area contributed by atoms with Crippen LogP contribution in [0.4, 0.5) is 0 Å². The van der Waals surface area contributed by atoms with Crippen LogP contribution >= 0.6 is 0 Å². The Hall–Kier alpha value is -3.91. The molecule has 5 aromatic rings. The summed E-state index contributed by atoms with van der Waals surface area (Å²) in [4.78, 5) is 31.7. The third-order valence-electron chi connectivity index (χ3n) is 6.62. The van der Waals surface area contributed by atoms with Crippen molar-refractivity contribution in [3.8, 4) is 11.5 Å². The van der Waals surface area contributed by atoms with Crippen LogP contribution in [0.15, 0.2) is 47.3 Å². The topological polar surface area (TPSA) is 91.2 Å². The molecule has 1 atom stereocenters. The summed E-state index contributed by atoms with van der Waals surface area (Å²) in [7, 11) is 3.04. The highest BCUT2D eigenvalue weighted by molar-refractivity contribution is 6.21. The summed E-state index contributed by atoms with van der Waals surface area (Å²) in [6.07, 6.45) is 1.97. The van der Waals surface area contributed by atoms with Gasteiger partial charge in [0, 0.05) is 29.3 Å². The molecule has 8 heteroatoms. The van der Waals surface area contributed by atoms with Gasteiger partial charge in [-0.3, -0.25) is 14.0 Å². The zero-order valence-corrected chi connectivity index (χ0v) is 18.9. The molecule has 1 N–H and O–H groups in total. The van der Waals surface area contributed by atoms with Crippen molar-refractivity contribution < 1.29 is 19.0 Å². The Morgan fingerprint density at radius 3 is 2.76 bits per heavy atom. The standard InChI is InChI=1S/C26H23N3O5/c1-32-20-10-9-16-21(24(20)33-2)26(31)29-19-8-4-3-7-15(19)17-12-18(28-22(16)23(17)29)25(30)27-13-14-6-5-11-34-14/h3-4,7-10,12,14H,5-6,11,13H2,1-2H3,(H,27,30)/t14-/m0/s1. The molecule has 0 radical (unpaired) electrons. The van der Waals surface area contributed by atoms with Gasteiger partial charge in [0.15, 0.2) is 11.5 Å². The second kappa shape index (κ2) is 7.85. The van der Waals surface area contributed by atoms with Crippen LogP contribution in [0.3, 0.4) is 0 Å². The predicted molar refractivity (Wildman–Crippen MR) is 130 cm³/mol. The number of carbonyl (C=O) groups excluding carboxylic acids is 1. The monoisotopic (exact) mass is 457 g/mol. The molecule has 3 aromatic heterocycles. The lowest BCUT2D eigenvalue weighted by Gasteiger charge is -2.14. The third kappa shape index (κ3) is 2.92. The number of benzene rings is 2. The summed E-state index contributed by atoms with van der Waals surface area (Å²) in [6.45, 7) is 1.17. The number of para-hydroxylation sites is 1. The van der Waals surface area contributed by atoms with Gasteiger partial charge >= 0.3 is 0 Å². The molecule has 6 rings (SSSR count). The van der Waals surface area contributed by atoms with E-state index >= 15 is 0 Å². The van der Waals surface area contributed by atoms with E-state index in [-0.39, 0.29) is 17.6 Å². The highest BCUT2D eigenvalue weighted by Gasteiger charge is 2.24. The molecule has 1 amide bonds. The van der Waals surface area contributed by atoms with E-state index < -0.39 is 0 Å². The van der Waals surface area contributed by atoms with Gasteiger partial charge < -0.3 is 19.5 Å². The fourth-order valence-electron chi connectivity index (χ4n) is 5.05. The summed E-state index contributed by atoms with van der Waals surface area (Å²) in [5, 5.41) is 5.61. The number of hydrogen-bond donors (Lipinski definition) is 1. The molecule has 0 unspecified atom stereocenters. The lowest BCUT2D eigenvalue weighted by Crippen LogP contribution is -2.32. The largest absolute Gasteiger partial charge is 0.493 e. The number of hydrogen-bond acceptors (Lipinski definition) is 6. The van der Waals surface area contributed by atoms with Crippen molar-refractivity contribution in [1.82, 2.24) is 14.7 Å². The Bertz CT molecular complexity index is 1640. The van der Waals surface area contributed by atoms with Crippen LogP contribution in [-0.2, 0) is 4.74 Å². The Labute approximate surface area is 194 Å². The van der Waals surface area contributed by atoms with Crippen LogP contribution in [0.5, 0.6) is 11.5 Å². The zero-order valence-electron chi connectivity index (χ0n) is 18.9. The van der Waals surface area contributed by atoms with Gasteiger partial charge in [0.05, 0.1) is 42.3 Å². The summed E-state index contributed by atoms with van der Waals surface area (Å²) in [5.74, 6) is 0.525. The Morgan fingerprint density at radius 2 is 2.00 bits per heavy atom. The number of amides is 1. The lowest BCUT2D eigenvalue weighted by atomic mass is 10.1. The molecule has 0 aliphatic carbocycles. The first-order valence-corrected chi connectivity index (χ1v) is 11.3. The first-order valence-electron chi connectivity index (χ1n) is 11.3. The van der Waals surface area contributed by atoms with E-state index in [9.17, 15) is 9.59 Å². The Morgan fingerprint density at radius 1 is 1.15 bits per heavy atom. The van der Waals surface area contributed by atoms with Gasteiger partial charge in [-0.05, 0) is 37.1 Å². The number of nitrogens with one attached hydrogen (secondary N) is 1. The first kappa shape index (κ1) is 20.7. The van der Waals surface area contributed by atoms with Gasteiger partial charge in [0.25, 0.3) is 11.5 Å². The average molecular weight is 457 g/mol. The van der Waals surface area contributed by atoms with Crippen LogP contribution in [0.25, 0.3) is 38.1 Å². The minimum absolute atomic E-state index is 0.0306. The van der Waals surface area contributed by atoms with Crippen LogP contribution in [0, 0.1) is 0 Å². The van der Waals surface area contributed by atoms with Gasteiger partial charge in [-0.2, -0.15) is 0 Å². The molecule has 172 valence electrons. The second-order valence-corrected chi connectivity index (χ2v) is 8.48. The van der Waals surface area contributed by atoms with Crippen molar-refractivity contribution >= 4 is 44.0 Å². The minimum atomic E-state index is -0.274. The summed E-state index contributed by atoms with van der Waals surface area (Å²) < 4.78 is 18.3. The van der Waals surface area contributed by atoms with Crippen molar-refractivity contribution in [3.05, 3.63) is 58.5 Å². The smallest absolute Gasteiger partial charge is 0.270 e. The number of carbonyl (C=O) groups is 1. The highest BCUT2D eigenvalue weighted by atomic mass is 16.5. The van der Waals surface area contributed by atoms with E-state index in [0.29, 0.717) is 45.5 Å². The Kier molecular flexibility index (Phi) is 4.77. The molecule has 0 spiro atoms. The average Bonchev–Trinajstić information content (AvgIpc) is 3.51. The quantitative estimate of drug-likeness (QED) is 0.406. The fraction of sp³-hybridized carbons (Fsp3) is 0.269. The maximum atomic E-state index is 13.8.